The summed E-state index contributed by atoms with van der Waals surface area (Å²) in [7, 11) is -2.19. The van der Waals surface area contributed by atoms with Crippen LogP contribution in [0.4, 0.5) is 5.69 Å². The van der Waals surface area contributed by atoms with E-state index in [2.05, 4.69) is 5.32 Å². The molecule has 2 aromatic rings. The van der Waals surface area contributed by atoms with Gasteiger partial charge in [-0.15, -0.1) is 0 Å². The van der Waals surface area contributed by atoms with Gasteiger partial charge in [0.25, 0.3) is 0 Å². The van der Waals surface area contributed by atoms with Crippen molar-refractivity contribution in [3.8, 4) is 5.75 Å². The zero-order valence-corrected chi connectivity index (χ0v) is 15.1. The molecule has 0 aliphatic rings. The Bertz CT molecular complexity index is 853. The molecular formula is C16H15Cl2NO4S. The maximum Gasteiger partial charge on any atom is 0.225 e. The van der Waals surface area contributed by atoms with Gasteiger partial charge in [-0.3, -0.25) is 4.79 Å². The standard InChI is InChI=1S/C16H15Cl2NO4S/c1-23-14-7-6-11(17)10-13(14)19-16(20)8-9-24(21,22)15-5-3-2-4-12(15)18/h2-7,10H,8-9H2,1H3,(H,19,20). The normalized spacial score (nSPS) is 11.1. The Hall–Kier alpha value is -1.76. The summed E-state index contributed by atoms with van der Waals surface area (Å²) in [5, 5.41) is 3.15. The van der Waals surface area contributed by atoms with Crippen LogP contribution in [0.15, 0.2) is 47.4 Å². The molecule has 0 atom stereocenters. The number of methoxy groups -OCH3 is 1. The maximum absolute atomic E-state index is 12.3. The van der Waals surface area contributed by atoms with E-state index in [1.54, 1.807) is 24.3 Å². The van der Waals surface area contributed by atoms with Crippen LogP contribution in [0.3, 0.4) is 0 Å². The first-order valence-electron chi connectivity index (χ1n) is 6.94. The minimum atomic E-state index is -3.65. The van der Waals surface area contributed by atoms with E-state index in [-0.39, 0.29) is 22.1 Å². The van der Waals surface area contributed by atoms with Gasteiger partial charge in [0.15, 0.2) is 9.84 Å². The van der Waals surface area contributed by atoms with Crippen LogP contribution in [0, 0.1) is 0 Å². The summed E-state index contributed by atoms with van der Waals surface area (Å²) in [6.07, 6.45) is -0.219. The van der Waals surface area contributed by atoms with Gasteiger partial charge in [-0.05, 0) is 30.3 Å². The molecule has 1 N–H and O–H groups in total. The minimum Gasteiger partial charge on any atom is -0.495 e. The second-order valence-electron chi connectivity index (χ2n) is 4.89. The molecule has 0 unspecified atom stereocenters. The van der Waals surface area contributed by atoms with Crippen molar-refractivity contribution < 1.29 is 17.9 Å². The Morgan fingerprint density at radius 1 is 1.17 bits per heavy atom. The van der Waals surface area contributed by atoms with Crippen molar-refractivity contribution in [2.45, 2.75) is 11.3 Å². The van der Waals surface area contributed by atoms with Crippen LogP contribution in [-0.2, 0) is 14.6 Å². The lowest BCUT2D eigenvalue weighted by Crippen LogP contribution is -2.18. The predicted octanol–water partition coefficient (Wildman–Crippen LogP) is 3.80. The molecule has 0 aromatic heterocycles. The summed E-state index contributed by atoms with van der Waals surface area (Å²) in [4.78, 5) is 12.1. The Balaban J connectivity index is 2.06. The molecule has 0 heterocycles. The average molecular weight is 388 g/mol. The second kappa shape index (κ2) is 7.88. The van der Waals surface area contributed by atoms with Gasteiger partial charge >= 0.3 is 0 Å². The molecule has 0 bridgehead atoms. The van der Waals surface area contributed by atoms with E-state index in [0.717, 1.165) is 0 Å². The lowest BCUT2D eigenvalue weighted by molar-refractivity contribution is -0.115. The fraction of sp³-hybridized carbons (Fsp3) is 0.188. The van der Waals surface area contributed by atoms with Crippen molar-refractivity contribution >= 4 is 44.6 Å². The highest BCUT2D eigenvalue weighted by Gasteiger charge is 2.19. The summed E-state index contributed by atoms with van der Waals surface area (Å²) in [5.74, 6) is -0.390. The van der Waals surface area contributed by atoms with Crippen LogP contribution in [0.5, 0.6) is 5.75 Å². The summed E-state index contributed by atoms with van der Waals surface area (Å²) in [6.45, 7) is 0. The Morgan fingerprint density at radius 2 is 1.88 bits per heavy atom. The number of anilines is 1. The molecular weight excluding hydrogens is 373 g/mol. The number of rotatable bonds is 6. The molecule has 0 spiro atoms. The van der Waals surface area contributed by atoms with Gasteiger partial charge in [0, 0.05) is 11.4 Å². The number of hydrogen-bond acceptors (Lipinski definition) is 4. The summed E-state index contributed by atoms with van der Waals surface area (Å²) in [6, 6.07) is 10.9. The lowest BCUT2D eigenvalue weighted by atomic mass is 10.3. The van der Waals surface area contributed by atoms with Crippen molar-refractivity contribution in [3.05, 3.63) is 52.5 Å². The Morgan fingerprint density at radius 3 is 2.54 bits per heavy atom. The van der Waals surface area contributed by atoms with Gasteiger partial charge in [-0.25, -0.2) is 8.42 Å². The average Bonchev–Trinajstić information content (AvgIpc) is 2.53. The van der Waals surface area contributed by atoms with Gasteiger partial charge in [-0.1, -0.05) is 35.3 Å². The number of carbonyl (C=O) groups excluding carboxylic acids is 1. The number of sulfone groups is 1. The third-order valence-electron chi connectivity index (χ3n) is 3.21. The fourth-order valence-corrected chi connectivity index (χ4v) is 4.01. The minimum absolute atomic E-state index is 0.0137. The van der Waals surface area contributed by atoms with E-state index in [0.29, 0.717) is 16.5 Å². The van der Waals surface area contributed by atoms with E-state index in [1.165, 1.54) is 25.3 Å². The second-order valence-corrected chi connectivity index (χ2v) is 7.81. The highest BCUT2D eigenvalue weighted by atomic mass is 35.5. The molecule has 0 aliphatic heterocycles. The number of carbonyl (C=O) groups is 1. The third-order valence-corrected chi connectivity index (χ3v) is 5.65. The van der Waals surface area contributed by atoms with Crippen molar-refractivity contribution in [2.75, 3.05) is 18.2 Å². The van der Waals surface area contributed by atoms with Crippen molar-refractivity contribution in [2.24, 2.45) is 0 Å². The third kappa shape index (κ3) is 4.63. The largest absolute Gasteiger partial charge is 0.495 e. The molecule has 8 heteroatoms. The molecule has 2 rings (SSSR count). The highest BCUT2D eigenvalue weighted by molar-refractivity contribution is 7.91. The first kappa shape index (κ1) is 18.6. The molecule has 0 saturated carbocycles. The van der Waals surface area contributed by atoms with Gasteiger partial charge < -0.3 is 10.1 Å². The first-order chi connectivity index (χ1) is 11.3. The maximum atomic E-state index is 12.3. The fourth-order valence-electron chi connectivity index (χ4n) is 2.02. The van der Waals surface area contributed by atoms with E-state index in [9.17, 15) is 13.2 Å². The number of nitrogens with one attached hydrogen (secondary N) is 1. The number of halogens is 2. The van der Waals surface area contributed by atoms with Crippen LogP contribution in [0.2, 0.25) is 10.0 Å². The topological polar surface area (TPSA) is 72.5 Å². The van der Waals surface area contributed by atoms with Crippen molar-refractivity contribution in [1.82, 2.24) is 0 Å². The monoisotopic (exact) mass is 387 g/mol. The van der Waals surface area contributed by atoms with Gasteiger partial charge in [0.05, 0.1) is 28.5 Å². The first-order valence-corrected chi connectivity index (χ1v) is 9.35. The van der Waals surface area contributed by atoms with Crippen molar-refractivity contribution in [1.29, 1.82) is 0 Å². The Labute approximate surface area is 150 Å². The number of amides is 1. The smallest absolute Gasteiger partial charge is 0.225 e. The molecule has 1 amide bonds. The van der Waals surface area contributed by atoms with Crippen LogP contribution >= 0.6 is 23.2 Å². The molecule has 2 aromatic carbocycles. The summed E-state index contributed by atoms with van der Waals surface area (Å²) in [5.41, 5.74) is 0.380. The molecule has 0 saturated heterocycles. The van der Waals surface area contributed by atoms with E-state index >= 15 is 0 Å². The molecule has 0 fully saturated rings. The molecule has 128 valence electrons. The number of ether oxygens (including phenoxy) is 1. The number of hydrogen-bond donors (Lipinski definition) is 1. The van der Waals surface area contributed by atoms with E-state index < -0.39 is 15.7 Å². The molecule has 5 nitrogen and oxygen atoms in total. The van der Waals surface area contributed by atoms with Crippen LogP contribution in [0.25, 0.3) is 0 Å². The van der Waals surface area contributed by atoms with Gasteiger partial charge in [0.2, 0.25) is 5.91 Å². The summed E-state index contributed by atoms with van der Waals surface area (Å²) < 4.78 is 29.7. The van der Waals surface area contributed by atoms with Gasteiger partial charge in [0.1, 0.15) is 5.75 Å². The molecule has 0 aliphatic carbocycles. The predicted molar refractivity (Wildman–Crippen MR) is 94.8 cm³/mol. The van der Waals surface area contributed by atoms with E-state index in [4.69, 9.17) is 27.9 Å². The van der Waals surface area contributed by atoms with Crippen LogP contribution in [0.1, 0.15) is 6.42 Å². The zero-order chi connectivity index (χ0) is 17.7. The zero-order valence-electron chi connectivity index (χ0n) is 12.8. The SMILES string of the molecule is COc1ccc(Cl)cc1NC(=O)CCS(=O)(=O)c1ccccc1Cl. The van der Waals surface area contributed by atoms with Crippen LogP contribution in [-0.4, -0.2) is 27.2 Å². The number of benzene rings is 2. The van der Waals surface area contributed by atoms with Crippen molar-refractivity contribution in [3.63, 3.8) is 0 Å². The highest BCUT2D eigenvalue weighted by Crippen LogP contribution is 2.28. The van der Waals surface area contributed by atoms with Gasteiger partial charge in [-0.2, -0.15) is 0 Å². The quantitative estimate of drug-likeness (QED) is 0.817. The Kier molecular flexibility index (Phi) is 6.10. The van der Waals surface area contributed by atoms with E-state index in [1.807, 2.05) is 0 Å². The summed E-state index contributed by atoms with van der Waals surface area (Å²) >= 11 is 11.8. The lowest BCUT2D eigenvalue weighted by Gasteiger charge is -2.11. The van der Waals surface area contributed by atoms with Crippen LogP contribution < -0.4 is 10.1 Å². The molecule has 24 heavy (non-hydrogen) atoms. The molecule has 0 radical (unpaired) electrons.